The molecular formula is C48H34F6N2O2. The number of halogens is 6. The largest absolute Gasteiger partial charge is 0.453 e. The van der Waals surface area contributed by atoms with Gasteiger partial charge in [-0.3, -0.25) is 0 Å². The van der Waals surface area contributed by atoms with Gasteiger partial charge in [0.1, 0.15) is 0 Å². The van der Waals surface area contributed by atoms with Crippen molar-refractivity contribution in [2.24, 2.45) is 0 Å². The summed E-state index contributed by atoms with van der Waals surface area (Å²) in [6.45, 7) is 5.99. The minimum atomic E-state index is -4.67. The molecule has 0 spiro atoms. The van der Waals surface area contributed by atoms with Crippen LogP contribution in [0.25, 0.3) is 22.3 Å². The van der Waals surface area contributed by atoms with E-state index in [1.165, 1.54) is 12.1 Å². The van der Waals surface area contributed by atoms with Crippen LogP contribution < -0.4 is 19.3 Å². The number of benzene rings is 7. The Morgan fingerprint density at radius 2 is 0.724 bits per heavy atom. The molecule has 0 aliphatic carbocycles. The number of fused-ring (bicyclic) bond motifs is 4. The van der Waals surface area contributed by atoms with Crippen LogP contribution in [-0.4, -0.2) is 0 Å². The fourth-order valence-corrected chi connectivity index (χ4v) is 7.89. The van der Waals surface area contributed by atoms with Gasteiger partial charge < -0.3 is 19.3 Å². The molecule has 0 radical (unpaired) electrons. The van der Waals surface area contributed by atoms with Gasteiger partial charge in [-0.1, -0.05) is 93.6 Å². The summed E-state index contributed by atoms with van der Waals surface area (Å²) in [5.41, 5.74) is 2.83. The molecule has 0 amide bonds. The van der Waals surface area contributed by atoms with Gasteiger partial charge in [0.25, 0.3) is 0 Å². The number of hydrogen-bond acceptors (Lipinski definition) is 4. The maximum Gasteiger partial charge on any atom is 0.416 e. The Morgan fingerprint density at radius 1 is 0.397 bits per heavy atom. The zero-order chi connectivity index (χ0) is 40.6. The average Bonchev–Trinajstić information content (AvgIpc) is 3.20. The Hall–Kier alpha value is -6.68. The highest BCUT2D eigenvalue weighted by Crippen LogP contribution is 2.61. The summed E-state index contributed by atoms with van der Waals surface area (Å²) in [5, 5.41) is 0. The number of nitrogens with zero attached hydrogens (tertiary/aromatic N) is 2. The second-order valence-electron chi connectivity index (χ2n) is 15.2. The third kappa shape index (κ3) is 6.29. The van der Waals surface area contributed by atoms with E-state index in [4.69, 9.17) is 9.47 Å². The fourth-order valence-electron chi connectivity index (χ4n) is 7.89. The van der Waals surface area contributed by atoms with Gasteiger partial charge >= 0.3 is 12.4 Å². The molecule has 0 unspecified atom stereocenters. The molecular weight excluding hydrogens is 751 g/mol. The number of para-hydroxylation sites is 8. The maximum atomic E-state index is 14.5. The van der Waals surface area contributed by atoms with Crippen LogP contribution >= 0.6 is 0 Å². The summed E-state index contributed by atoms with van der Waals surface area (Å²) in [6, 6.07) is 41.5. The van der Waals surface area contributed by atoms with Crippen molar-refractivity contribution >= 4 is 34.1 Å². The normalized spacial score (nSPS) is 13.5. The van der Waals surface area contributed by atoms with Crippen LogP contribution in [0.5, 0.6) is 23.0 Å². The molecule has 7 aromatic carbocycles. The molecule has 0 fully saturated rings. The molecule has 0 N–H and O–H groups in total. The summed E-state index contributed by atoms with van der Waals surface area (Å²) in [5.74, 6) is 2.06. The van der Waals surface area contributed by atoms with Gasteiger partial charge in [-0.05, 0) is 95.4 Å². The van der Waals surface area contributed by atoms with Crippen molar-refractivity contribution in [1.82, 2.24) is 0 Å². The van der Waals surface area contributed by atoms with E-state index in [0.29, 0.717) is 73.8 Å². The minimum Gasteiger partial charge on any atom is -0.453 e. The molecule has 2 aliphatic rings. The lowest BCUT2D eigenvalue weighted by molar-refractivity contribution is -0.138. The second kappa shape index (κ2) is 13.5. The van der Waals surface area contributed by atoms with Gasteiger partial charge in [-0.2, -0.15) is 26.3 Å². The van der Waals surface area contributed by atoms with E-state index in [2.05, 4.69) is 0 Å². The molecule has 0 bridgehead atoms. The van der Waals surface area contributed by atoms with Crippen molar-refractivity contribution in [3.8, 4) is 45.3 Å². The molecule has 0 saturated heterocycles. The quantitative estimate of drug-likeness (QED) is 0.166. The standard InChI is InChI=1S/C48H34F6N2O2/c1-46(2,3)43-44(55-35-18-4-8-22-39(35)57-40-23-9-5-19-36(40)55)33(29-14-12-16-31(26-29)47(49,50)51)28-34(30-15-13-17-32(27-30)48(52,53)54)45(43)56-37-20-6-10-24-41(37)58-42-25-11-7-21-38(42)56/h4-28H,1-3H3. The van der Waals surface area contributed by atoms with Crippen LogP contribution in [-0.2, 0) is 17.8 Å². The maximum absolute atomic E-state index is 14.5. The Labute approximate surface area is 331 Å². The highest BCUT2D eigenvalue weighted by molar-refractivity contribution is 6.05. The Kier molecular flexibility index (Phi) is 8.58. The molecule has 290 valence electrons. The Balaban J connectivity index is 1.52. The molecule has 4 nitrogen and oxygen atoms in total. The van der Waals surface area contributed by atoms with Gasteiger partial charge in [0, 0.05) is 16.7 Å². The second-order valence-corrected chi connectivity index (χ2v) is 15.2. The fraction of sp³-hybridized carbons (Fsp3) is 0.125. The zero-order valence-electron chi connectivity index (χ0n) is 31.4. The number of ether oxygens (including phenoxy) is 2. The number of hydrogen-bond donors (Lipinski definition) is 0. The van der Waals surface area contributed by atoms with Crippen LogP contribution in [0.2, 0.25) is 0 Å². The van der Waals surface area contributed by atoms with Crippen molar-refractivity contribution in [1.29, 1.82) is 0 Å². The van der Waals surface area contributed by atoms with Crippen molar-refractivity contribution in [3.63, 3.8) is 0 Å². The SMILES string of the molecule is CC(C)(C)c1c(N2c3ccccc3Oc3ccccc32)c(-c2cccc(C(F)(F)F)c2)cc(-c2cccc(C(F)(F)F)c2)c1N1c2ccccc2Oc2ccccc21. The van der Waals surface area contributed by atoms with Crippen LogP contribution in [0.3, 0.4) is 0 Å². The predicted octanol–water partition coefficient (Wildman–Crippen LogP) is 15.5. The summed E-state index contributed by atoms with van der Waals surface area (Å²) >= 11 is 0. The topological polar surface area (TPSA) is 24.9 Å². The summed E-state index contributed by atoms with van der Waals surface area (Å²) in [7, 11) is 0. The third-order valence-electron chi connectivity index (χ3n) is 10.3. The van der Waals surface area contributed by atoms with Gasteiger partial charge in [0.2, 0.25) is 0 Å². The molecule has 10 heteroatoms. The van der Waals surface area contributed by atoms with Crippen LogP contribution in [0, 0.1) is 0 Å². The van der Waals surface area contributed by atoms with Crippen molar-refractivity contribution in [3.05, 3.63) is 168 Å². The smallest absolute Gasteiger partial charge is 0.416 e. The number of anilines is 6. The van der Waals surface area contributed by atoms with Gasteiger partial charge in [-0.15, -0.1) is 0 Å². The van der Waals surface area contributed by atoms with Gasteiger partial charge in [0.15, 0.2) is 23.0 Å². The van der Waals surface area contributed by atoms with E-state index in [-0.39, 0.29) is 11.1 Å². The van der Waals surface area contributed by atoms with E-state index in [9.17, 15) is 26.3 Å². The Bertz CT molecular complexity index is 2460. The Morgan fingerprint density at radius 3 is 1.03 bits per heavy atom. The van der Waals surface area contributed by atoms with E-state index in [1.807, 2.05) is 128 Å². The molecule has 58 heavy (non-hydrogen) atoms. The number of rotatable bonds is 4. The van der Waals surface area contributed by atoms with E-state index >= 15 is 0 Å². The summed E-state index contributed by atoms with van der Waals surface area (Å²) in [6.07, 6.45) is -9.35. The zero-order valence-corrected chi connectivity index (χ0v) is 31.4. The van der Waals surface area contributed by atoms with Crippen LogP contribution in [0.15, 0.2) is 152 Å². The number of alkyl halides is 6. The third-order valence-corrected chi connectivity index (χ3v) is 10.3. The molecule has 0 aromatic heterocycles. The first kappa shape index (κ1) is 36.9. The van der Waals surface area contributed by atoms with Crippen LogP contribution in [0.1, 0.15) is 37.5 Å². The molecule has 0 atom stereocenters. The molecule has 7 aromatic rings. The first-order chi connectivity index (χ1) is 27.7. The molecule has 2 heterocycles. The summed E-state index contributed by atoms with van der Waals surface area (Å²) in [4.78, 5) is 4.00. The lowest BCUT2D eigenvalue weighted by Gasteiger charge is -2.42. The first-order valence-electron chi connectivity index (χ1n) is 18.6. The first-order valence-corrected chi connectivity index (χ1v) is 18.6. The lowest BCUT2D eigenvalue weighted by atomic mass is 9.78. The minimum absolute atomic E-state index is 0.222. The van der Waals surface area contributed by atoms with E-state index < -0.39 is 28.9 Å². The molecule has 2 aliphatic heterocycles. The monoisotopic (exact) mass is 784 g/mol. The highest BCUT2D eigenvalue weighted by Gasteiger charge is 2.40. The van der Waals surface area contributed by atoms with Gasteiger partial charge in [-0.25, -0.2) is 0 Å². The van der Waals surface area contributed by atoms with Gasteiger partial charge in [0.05, 0.1) is 45.3 Å². The lowest BCUT2D eigenvalue weighted by Crippen LogP contribution is -2.27. The predicted molar refractivity (Wildman–Crippen MR) is 216 cm³/mol. The van der Waals surface area contributed by atoms with E-state index in [1.54, 1.807) is 18.2 Å². The van der Waals surface area contributed by atoms with E-state index in [0.717, 1.165) is 24.3 Å². The van der Waals surface area contributed by atoms with Crippen molar-refractivity contribution in [2.75, 3.05) is 9.80 Å². The summed E-state index contributed by atoms with van der Waals surface area (Å²) < 4.78 is 100. The molecule has 9 rings (SSSR count). The van der Waals surface area contributed by atoms with Crippen molar-refractivity contribution in [2.45, 2.75) is 38.5 Å². The van der Waals surface area contributed by atoms with Crippen molar-refractivity contribution < 1.29 is 35.8 Å². The van der Waals surface area contributed by atoms with Crippen LogP contribution in [0.4, 0.5) is 60.5 Å². The highest BCUT2D eigenvalue weighted by atomic mass is 19.4. The molecule has 0 saturated carbocycles. The average molecular weight is 785 g/mol.